The second-order valence-corrected chi connectivity index (χ2v) is 4.86. The van der Waals surface area contributed by atoms with Gasteiger partial charge in [0.15, 0.2) is 0 Å². The minimum Gasteiger partial charge on any atom is -0.395 e. The van der Waals surface area contributed by atoms with Crippen molar-refractivity contribution in [2.45, 2.75) is 36.9 Å². The van der Waals surface area contributed by atoms with Gasteiger partial charge in [-0.2, -0.15) is 0 Å². The minimum atomic E-state index is -0.409. The van der Waals surface area contributed by atoms with Crippen LogP contribution in [0.5, 0.6) is 0 Å². The number of fused-ring (bicyclic) bond motifs is 1. The van der Waals surface area contributed by atoms with E-state index in [-0.39, 0.29) is 24.1 Å². The summed E-state index contributed by atoms with van der Waals surface area (Å²) in [4.78, 5) is 4.35. The van der Waals surface area contributed by atoms with Crippen molar-refractivity contribution < 1.29 is 10.2 Å². The third-order valence-corrected chi connectivity index (χ3v) is 3.59. The zero-order chi connectivity index (χ0) is 9.42. The number of nitrogens with one attached hydrogen (secondary N) is 1. The monoisotopic (exact) mass is 202 g/mol. The van der Waals surface area contributed by atoms with Crippen LogP contribution in [0.15, 0.2) is 4.99 Å². The van der Waals surface area contributed by atoms with E-state index in [1.165, 1.54) is 0 Å². The first-order chi connectivity index (χ1) is 6.20. The molecule has 2 rings (SSSR count). The number of hydrogen-bond acceptors (Lipinski definition) is 5. The number of thioether (sulfide) groups is 1. The van der Waals surface area contributed by atoms with Crippen molar-refractivity contribution in [3.8, 4) is 0 Å². The molecule has 2 aliphatic heterocycles. The van der Waals surface area contributed by atoms with Crippen molar-refractivity contribution in [3.63, 3.8) is 0 Å². The largest absolute Gasteiger partial charge is 0.395 e. The Bertz CT molecular complexity index is 234. The second-order valence-electron chi connectivity index (χ2n) is 3.53. The molecule has 4 atom stereocenters. The quantitative estimate of drug-likeness (QED) is 0.539. The van der Waals surface area contributed by atoms with Gasteiger partial charge in [0.2, 0.25) is 0 Å². The van der Waals surface area contributed by atoms with Crippen LogP contribution in [0.4, 0.5) is 0 Å². The van der Waals surface area contributed by atoms with Crippen molar-refractivity contribution in [1.82, 2.24) is 5.32 Å². The Morgan fingerprint density at radius 3 is 3.15 bits per heavy atom. The highest BCUT2D eigenvalue weighted by Gasteiger charge is 2.40. The summed E-state index contributed by atoms with van der Waals surface area (Å²) < 4.78 is 0. The average Bonchev–Trinajstić information content (AvgIpc) is 2.46. The van der Waals surface area contributed by atoms with Crippen LogP contribution in [0.25, 0.3) is 0 Å². The lowest BCUT2D eigenvalue weighted by Gasteiger charge is -2.34. The van der Waals surface area contributed by atoms with E-state index in [1.54, 1.807) is 11.8 Å². The molecule has 0 radical (unpaired) electrons. The zero-order valence-corrected chi connectivity index (χ0v) is 8.29. The third-order valence-electron chi connectivity index (χ3n) is 2.48. The maximum atomic E-state index is 9.73. The van der Waals surface area contributed by atoms with Crippen molar-refractivity contribution in [2.75, 3.05) is 6.61 Å². The maximum absolute atomic E-state index is 9.73. The van der Waals surface area contributed by atoms with Gasteiger partial charge in [-0.05, 0) is 13.3 Å². The summed E-state index contributed by atoms with van der Waals surface area (Å²) in [7, 11) is 0. The normalized spacial score (nSPS) is 44.4. The fraction of sp³-hybridized carbons (Fsp3) is 0.875. The molecule has 2 aliphatic rings. The van der Waals surface area contributed by atoms with Crippen molar-refractivity contribution in [3.05, 3.63) is 0 Å². The van der Waals surface area contributed by atoms with Gasteiger partial charge in [0.05, 0.1) is 23.1 Å². The van der Waals surface area contributed by atoms with Gasteiger partial charge in [-0.3, -0.25) is 10.3 Å². The minimum absolute atomic E-state index is 0.0184. The predicted molar refractivity (Wildman–Crippen MR) is 52.9 cm³/mol. The molecule has 2 heterocycles. The molecule has 0 amide bonds. The second kappa shape index (κ2) is 3.57. The number of aliphatic imine (C=N–C) groups is 1. The Labute approximate surface area is 81.4 Å². The molecule has 5 heteroatoms. The van der Waals surface area contributed by atoms with Crippen LogP contribution in [-0.2, 0) is 0 Å². The summed E-state index contributed by atoms with van der Waals surface area (Å²) in [5.41, 5.74) is 0. The van der Waals surface area contributed by atoms with Crippen molar-refractivity contribution >= 4 is 16.8 Å². The Kier molecular flexibility index (Phi) is 2.60. The summed E-state index contributed by atoms with van der Waals surface area (Å²) in [5, 5.41) is 23.1. The average molecular weight is 202 g/mol. The van der Waals surface area contributed by atoms with Crippen LogP contribution >= 0.6 is 11.8 Å². The van der Waals surface area contributed by atoms with Crippen LogP contribution in [0.3, 0.4) is 0 Å². The van der Waals surface area contributed by atoms with Gasteiger partial charge in [-0.15, -0.1) is 0 Å². The molecule has 4 nitrogen and oxygen atoms in total. The third kappa shape index (κ3) is 1.74. The molecule has 1 fully saturated rings. The number of rotatable bonds is 1. The van der Waals surface area contributed by atoms with Gasteiger partial charge in [0.25, 0.3) is 0 Å². The highest BCUT2D eigenvalue weighted by atomic mass is 32.2. The van der Waals surface area contributed by atoms with Gasteiger partial charge >= 0.3 is 0 Å². The molecule has 1 saturated heterocycles. The highest BCUT2D eigenvalue weighted by molar-refractivity contribution is 8.14. The standard InChI is InChI=1S/C8H14N2O2S/c1-4-9-7-6(12)2-5(3-11)10-8(7)13-4/h5-8,10-12H,2-3H2,1H3/t5?,6?,7?,8-/m0/s1. The van der Waals surface area contributed by atoms with E-state index in [0.717, 1.165) is 5.04 Å². The fourth-order valence-electron chi connectivity index (χ4n) is 1.84. The van der Waals surface area contributed by atoms with Gasteiger partial charge < -0.3 is 10.2 Å². The van der Waals surface area contributed by atoms with E-state index in [0.29, 0.717) is 6.42 Å². The number of aliphatic hydroxyl groups excluding tert-OH is 2. The first-order valence-electron chi connectivity index (χ1n) is 4.46. The van der Waals surface area contributed by atoms with Crippen molar-refractivity contribution in [2.24, 2.45) is 4.99 Å². The molecular weight excluding hydrogens is 188 g/mol. The molecule has 0 saturated carbocycles. The van der Waals surface area contributed by atoms with E-state index in [2.05, 4.69) is 10.3 Å². The van der Waals surface area contributed by atoms with Crippen LogP contribution < -0.4 is 5.32 Å². The maximum Gasteiger partial charge on any atom is 0.102 e. The molecule has 0 aromatic rings. The van der Waals surface area contributed by atoms with Gasteiger partial charge in [-0.25, -0.2) is 0 Å². The van der Waals surface area contributed by atoms with E-state index >= 15 is 0 Å². The Hall–Kier alpha value is -0.100. The molecular formula is C8H14N2O2S. The number of hydrogen-bond donors (Lipinski definition) is 3. The Morgan fingerprint density at radius 1 is 1.69 bits per heavy atom. The molecule has 3 N–H and O–H groups in total. The topological polar surface area (TPSA) is 64.9 Å². The van der Waals surface area contributed by atoms with E-state index in [4.69, 9.17) is 5.11 Å². The molecule has 3 unspecified atom stereocenters. The lowest BCUT2D eigenvalue weighted by atomic mass is 9.98. The molecule has 74 valence electrons. The first kappa shape index (κ1) is 9.45. The predicted octanol–water partition coefficient (Wildman–Crippen LogP) is -0.439. The first-order valence-corrected chi connectivity index (χ1v) is 5.34. The number of aliphatic hydroxyl groups is 2. The molecule has 0 aliphatic carbocycles. The summed E-state index contributed by atoms with van der Waals surface area (Å²) in [6.45, 7) is 2.03. The fourth-order valence-corrected chi connectivity index (χ4v) is 3.03. The summed E-state index contributed by atoms with van der Waals surface area (Å²) in [6.07, 6.45) is 0.183. The molecule has 0 bridgehead atoms. The molecule has 13 heavy (non-hydrogen) atoms. The van der Waals surface area contributed by atoms with Crippen LogP contribution in [0.2, 0.25) is 0 Å². The van der Waals surface area contributed by atoms with Crippen LogP contribution in [0.1, 0.15) is 13.3 Å². The smallest absolute Gasteiger partial charge is 0.102 e. The molecule has 0 aromatic carbocycles. The Balaban J connectivity index is 2.06. The van der Waals surface area contributed by atoms with Crippen LogP contribution in [-0.4, -0.2) is 45.4 Å². The number of piperidine rings is 1. The van der Waals surface area contributed by atoms with E-state index in [1.807, 2.05) is 6.92 Å². The van der Waals surface area contributed by atoms with Gasteiger partial charge in [0, 0.05) is 6.04 Å². The van der Waals surface area contributed by atoms with Crippen molar-refractivity contribution in [1.29, 1.82) is 0 Å². The molecule has 0 aromatic heterocycles. The van der Waals surface area contributed by atoms with E-state index < -0.39 is 6.10 Å². The zero-order valence-electron chi connectivity index (χ0n) is 7.47. The van der Waals surface area contributed by atoms with E-state index in [9.17, 15) is 5.11 Å². The number of nitrogens with zero attached hydrogens (tertiary/aromatic N) is 1. The summed E-state index contributed by atoms with van der Waals surface area (Å²) in [6, 6.07) is -0.00218. The summed E-state index contributed by atoms with van der Waals surface area (Å²) >= 11 is 1.64. The lowest BCUT2D eigenvalue weighted by molar-refractivity contribution is 0.0744. The molecule has 0 spiro atoms. The van der Waals surface area contributed by atoms with Crippen LogP contribution in [0, 0.1) is 0 Å². The SMILES string of the molecule is CC1=NC2C(O)CC(CO)N[C@H]2S1. The van der Waals surface area contributed by atoms with Gasteiger partial charge in [-0.1, -0.05) is 11.8 Å². The Morgan fingerprint density at radius 2 is 2.46 bits per heavy atom. The highest BCUT2D eigenvalue weighted by Crippen LogP contribution is 2.31. The summed E-state index contributed by atoms with van der Waals surface area (Å²) in [5.74, 6) is 0. The lowest BCUT2D eigenvalue weighted by Crippen LogP contribution is -2.54. The van der Waals surface area contributed by atoms with Gasteiger partial charge in [0.1, 0.15) is 6.04 Å².